The fraction of sp³-hybridized carbons (Fsp3) is 1.00. The summed E-state index contributed by atoms with van der Waals surface area (Å²) in [5.41, 5.74) is 6.73. The van der Waals surface area contributed by atoms with Crippen molar-refractivity contribution in [3.05, 3.63) is 0 Å². The van der Waals surface area contributed by atoms with E-state index in [9.17, 15) is 0 Å². The van der Waals surface area contributed by atoms with Crippen LogP contribution < -0.4 is 5.73 Å². The Kier molecular flexibility index (Phi) is 5.53. The van der Waals surface area contributed by atoms with Crippen molar-refractivity contribution in [3.8, 4) is 0 Å². The molecule has 1 aliphatic heterocycles. The van der Waals surface area contributed by atoms with Crippen molar-refractivity contribution in [2.24, 2.45) is 28.9 Å². The van der Waals surface area contributed by atoms with Gasteiger partial charge in [-0.2, -0.15) is 0 Å². The third-order valence-electron chi connectivity index (χ3n) is 5.99. The fourth-order valence-electron chi connectivity index (χ4n) is 4.30. The maximum absolute atomic E-state index is 6.22. The van der Waals surface area contributed by atoms with Gasteiger partial charge >= 0.3 is 0 Å². The van der Waals surface area contributed by atoms with Gasteiger partial charge in [-0.1, -0.05) is 34.1 Å². The Morgan fingerprint density at radius 2 is 1.70 bits per heavy atom. The highest BCUT2D eigenvalue weighted by atomic mass is 15.1. The molecule has 0 aromatic carbocycles. The second-order valence-electron chi connectivity index (χ2n) is 8.46. The van der Waals surface area contributed by atoms with E-state index in [2.05, 4.69) is 32.6 Å². The largest absolute Gasteiger partial charge is 0.327 e. The molecule has 2 N–H and O–H groups in total. The minimum Gasteiger partial charge on any atom is -0.327 e. The van der Waals surface area contributed by atoms with Crippen molar-refractivity contribution in [1.29, 1.82) is 0 Å². The second-order valence-corrected chi connectivity index (χ2v) is 8.46. The van der Waals surface area contributed by atoms with Gasteiger partial charge in [-0.3, -0.25) is 0 Å². The second kappa shape index (κ2) is 6.79. The van der Waals surface area contributed by atoms with Crippen molar-refractivity contribution in [3.63, 3.8) is 0 Å². The topological polar surface area (TPSA) is 29.3 Å². The molecule has 2 aliphatic rings. The molecule has 2 nitrogen and oxygen atoms in total. The Balaban J connectivity index is 1.76. The van der Waals surface area contributed by atoms with Crippen molar-refractivity contribution in [2.75, 3.05) is 19.6 Å². The lowest BCUT2D eigenvalue weighted by Gasteiger charge is -2.41. The molecule has 1 aliphatic carbocycles. The molecule has 0 spiro atoms. The number of piperidine rings is 1. The lowest BCUT2D eigenvalue weighted by atomic mass is 9.69. The minimum atomic E-state index is 0.452. The molecule has 20 heavy (non-hydrogen) atoms. The molecule has 1 saturated heterocycles. The van der Waals surface area contributed by atoms with Gasteiger partial charge in [0, 0.05) is 19.1 Å². The number of rotatable bonds is 3. The monoisotopic (exact) mass is 280 g/mol. The summed E-state index contributed by atoms with van der Waals surface area (Å²) in [6, 6.07) is 0.452. The van der Waals surface area contributed by atoms with Crippen LogP contribution >= 0.6 is 0 Å². The van der Waals surface area contributed by atoms with Gasteiger partial charge in [-0.15, -0.1) is 0 Å². The number of hydrogen-bond acceptors (Lipinski definition) is 2. The lowest BCUT2D eigenvalue weighted by Crippen LogP contribution is -2.48. The molecular weight excluding hydrogens is 244 g/mol. The van der Waals surface area contributed by atoms with Crippen LogP contribution in [0.5, 0.6) is 0 Å². The lowest BCUT2D eigenvalue weighted by molar-refractivity contribution is 0.0947. The summed E-state index contributed by atoms with van der Waals surface area (Å²) in [6.07, 6.45) is 8.23. The van der Waals surface area contributed by atoms with E-state index in [4.69, 9.17) is 5.73 Å². The molecule has 2 unspecified atom stereocenters. The van der Waals surface area contributed by atoms with Crippen LogP contribution in [0.15, 0.2) is 0 Å². The van der Waals surface area contributed by atoms with Crippen LogP contribution in [0.25, 0.3) is 0 Å². The highest BCUT2D eigenvalue weighted by molar-refractivity contribution is 4.85. The summed E-state index contributed by atoms with van der Waals surface area (Å²) in [5.74, 6) is 2.62. The number of hydrogen-bond donors (Lipinski definition) is 1. The molecule has 2 atom stereocenters. The molecule has 0 aromatic heterocycles. The quantitative estimate of drug-likeness (QED) is 0.849. The first-order valence-corrected chi connectivity index (χ1v) is 8.88. The number of nitrogens with two attached hydrogens (primary N) is 1. The molecule has 2 heteroatoms. The Hall–Kier alpha value is -0.0800. The molecule has 1 saturated carbocycles. The van der Waals surface area contributed by atoms with E-state index >= 15 is 0 Å². The first-order valence-electron chi connectivity index (χ1n) is 8.88. The van der Waals surface area contributed by atoms with Crippen molar-refractivity contribution in [1.82, 2.24) is 4.90 Å². The Morgan fingerprint density at radius 1 is 1.05 bits per heavy atom. The summed E-state index contributed by atoms with van der Waals surface area (Å²) in [6.45, 7) is 13.3. The Labute approximate surface area is 126 Å². The molecule has 118 valence electrons. The van der Waals surface area contributed by atoms with Gasteiger partial charge in [-0.25, -0.2) is 0 Å². The predicted molar refractivity (Wildman–Crippen MR) is 87.7 cm³/mol. The first-order chi connectivity index (χ1) is 9.40. The van der Waals surface area contributed by atoms with E-state index in [0.717, 1.165) is 17.8 Å². The predicted octanol–water partition coefficient (Wildman–Crippen LogP) is 3.90. The number of likely N-dealkylation sites (tertiary alicyclic amines) is 1. The summed E-state index contributed by atoms with van der Waals surface area (Å²) in [7, 11) is 0. The Bertz CT molecular complexity index is 286. The maximum Gasteiger partial charge on any atom is 0.00914 e. The van der Waals surface area contributed by atoms with Gasteiger partial charge in [0.1, 0.15) is 0 Å². The summed E-state index contributed by atoms with van der Waals surface area (Å²) in [4.78, 5) is 2.71. The van der Waals surface area contributed by atoms with E-state index in [1.165, 1.54) is 58.2 Å². The third-order valence-corrected chi connectivity index (χ3v) is 5.99. The molecule has 0 amide bonds. The zero-order valence-electron chi connectivity index (χ0n) is 14.2. The van der Waals surface area contributed by atoms with E-state index < -0.39 is 0 Å². The number of nitrogens with zero attached hydrogens (tertiary/aromatic N) is 1. The highest BCUT2D eigenvalue weighted by Crippen LogP contribution is 2.40. The van der Waals surface area contributed by atoms with Gasteiger partial charge < -0.3 is 10.6 Å². The molecule has 1 heterocycles. The van der Waals surface area contributed by atoms with E-state index in [1.807, 2.05) is 0 Å². The zero-order valence-corrected chi connectivity index (χ0v) is 14.2. The van der Waals surface area contributed by atoms with Crippen LogP contribution in [0, 0.1) is 23.2 Å². The molecular formula is C18H36N2. The zero-order chi connectivity index (χ0) is 14.8. The van der Waals surface area contributed by atoms with Crippen LogP contribution in [0.3, 0.4) is 0 Å². The van der Waals surface area contributed by atoms with Crippen LogP contribution in [-0.4, -0.2) is 30.6 Å². The van der Waals surface area contributed by atoms with Crippen molar-refractivity contribution >= 4 is 0 Å². The van der Waals surface area contributed by atoms with Crippen LogP contribution in [-0.2, 0) is 0 Å². The molecule has 2 rings (SSSR count). The van der Waals surface area contributed by atoms with Crippen LogP contribution in [0.1, 0.15) is 66.2 Å². The smallest absolute Gasteiger partial charge is 0.00914 e. The summed E-state index contributed by atoms with van der Waals surface area (Å²) < 4.78 is 0. The normalized spacial score (nSPS) is 37.0. The molecule has 0 radical (unpaired) electrons. The van der Waals surface area contributed by atoms with Crippen molar-refractivity contribution < 1.29 is 0 Å². The van der Waals surface area contributed by atoms with Crippen molar-refractivity contribution in [2.45, 2.75) is 72.3 Å². The third kappa shape index (κ3) is 4.21. The maximum atomic E-state index is 6.22. The molecule has 0 aromatic rings. The van der Waals surface area contributed by atoms with Gasteiger partial charge in [-0.05, 0) is 61.8 Å². The minimum absolute atomic E-state index is 0.452. The van der Waals surface area contributed by atoms with E-state index in [1.54, 1.807) is 0 Å². The SMILES string of the molecule is CCC1CN(CC2CCC(C(C)(C)C)CC2)CCC1N. The Morgan fingerprint density at radius 3 is 2.25 bits per heavy atom. The standard InChI is InChI=1S/C18H36N2/c1-5-15-13-20(11-10-17(15)19)12-14-6-8-16(9-7-14)18(2,3)4/h14-17H,5-13,19H2,1-4H3. The van der Waals surface area contributed by atoms with Gasteiger partial charge in [0.2, 0.25) is 0 Å². The van der Waals surface area contributed by atoms with Crippen LogP contribution in [0.2, 0.25) is 0 Å². The van der Waals surface area contributed by atoms with E-state index in [-0.39, 0.29) is 0 Å². The average molecular weight is 280 g/mol. The fourth-order valence-corrected chi connectivity index (χ4v) is 4.30. The first kappa shape index (κ1) is 16.3. The summed E-state index contributed by atoms with van der Waals surface area (Å²) in [5, 5.41) is 0. The van der Waals surface area contributed by atoms with E-state index in [0.29, 0.717) is 11.5 Å². The highest BCUT2D eigenvalue weighted by Gasteiger charge is 2.32. The van der Waals surface area contributed by atoms with Gasteiger partial charge in [0.15, 0.2) is 0 Å². The summed E-state index contributed by atoms with van der Waals surface area (Å²) >= 11 is 0. The van der Waals surface area contributed by atoms with Gasteiger partial charge in [0.25, 0.3) is 0 Å². The average Bonchev–Trinajstić information content (AvgIpc) is 2.40. The molecule has 0 bridgehead atoms. The van der Waals surface area contributed by atoms with Gasteiger partial charge in [0.05, 0.1) is 0 Å². The van der Waals surface area contributed by atoms with Crippen LogP contribution in [0.4, 0.5) is 0 Å². The molecule has 2 fully saturated rings.